The molecule has 6 nitrogen and oxygen atoms in total. The fourth-order valence-corrected chi connectivity index (χ4v) is 3.33. The highest BCUT2D eigenvalue weighted by molar-refractivity contribution is 5.74. The van der Waals surface area contributed by atoms with Gasteiger partial charge in [-0.1, -0.05) is 63.1 Å². The Morgan fingerprint density at radius 3 is 2.75 bits per heavy atom. The Morgan fingerprint density at radius 2 is 2.00 bits per heavy atom. The molecule has 0 fully saturated rings. The Morgan fingerprint density at radius 1 is 1.18 bits per heavy atom. The lowest BCUT2D eigenvalue weighted by Crippen LogP contribution is -2.43. The normalized spacial score (nSPS) is 12.7. The topological polar surface area (TPSA) is 71.3 Å². The Kier molecular flexibility index (Phi) is 5.97. The van der Waals surface area contributed by atoms with Crippen LogP contribution in [0.15, 0.2) is 48.7 Å². The van der Waals surface area contributed by atoms with Crippen molar-refractivity contribution in [1.82, 2.24) is 25.2 Å². The van der Waals surface area contributed by atoms with Gasteiger partial charge in [0.2, 0.25) is 0 Å². The number of fused-ring (bicyclic) bond motifs is 1. The zero-order valence-electron chi connectivity index (χ0n) is 17.1. The molecule has 0 saturated heterocycles. The maximum absolute atomic E-state index is 12.6. The minimum absolute atomic E-state index is 0.162. The second-order valence-corrected chi connectivity index (χ2v) is 7.91. The number of carbonyl (C=O) groups excluding carboxylic acids is 1. The third kappa shape index (κ3) is 4.50. The Balaban J connectivity index is 1.68. The maximum Gasteiger partial charge on any atom is 0.315 e. The van der Waals surface area contributed by atoms with E-state index in [1.807, 2.05) is 28.8 Å². The summed E-state index contributed by atoms with van der Waals surface area (Å²) in [6.07, 6.45) is 3.65. The van der Waals surface area contributed by atoms with Crippen LogP contribution in [-0.4, -0.2) is 27.2 Å². The SMILES string of the molecule is CCCC(NC(=O)NCC(C)(C)c1cccc(C)c1)c1nnc2ccccn12. The first-order valence-corrected chi connectivity index (χ1v) is 9.82. The summed E-state index contributed by atoms with van der Waals surface area (Å²) in [4.78, 5) is 12.6. The fraction of sp³-hybridized carbons (Fsp3) is 0.409. The van der Waals surface area contributed by atoms with Crippen molar-refractivity contribution in [2.24, 2.45) is 0 Å². The van der Waals surface area contributed by atoms with Crippen molar-refractivity contribution in [3.05, 3.63) is 65.6 Å². The molecule has 0 aliphatic heterocycles. The number of hydrogen-bond acceptors (Lipinski definition) is 3. The van der Waals surface area contributed by atoms with E-state index < -0.39 is 0 Å². The van der Waals surface area contributed by atoms with Gasteiger partial charge < -0.3 is 10.6 Å². The molecule has 2 aromatic heterocycles. The molecule has 0 spiro atoms. The number of amides is 2. The van der Waals surface area contributed by atoms with E-state index >= 15 is 0 Å². The van der Waals surface area contributed by atoms with Gasteiger partial charge in [-0.05, 0) is 31.0 Å². The summed E-state index contributed by atoms with van der Waals surface area (Å²) in [7, 11) is 0. The fourth-order valence-electron chi connectivity index (χ4n) is 3.33. The summed E-state index contributed by atoms with van der Waals surface area (Å²) < 4.78 is 1.93. The number of carbonyl (C=O) groups is 1. The van der Waals surface area contributed by atoms with Crippen LogP contribution >= 0.6 is 0 Å². The van der Waals surface area contributed by atoms with Crippen LogP contribution in [0, 0.1) is 6.92 Å². The monoisotopic (exact) mass is 379 g/mol. The van der Waals surface area contributed by atoms with Gasteiger partial charge in [0.25, 0.3) is 0 Å². The molecule has 0 bridgehead atoms. The highest BCUT2D eigenvalue weighted by atomic mass is 16.2. The van der Waals surface area contributed by atoms with E-state index in [4.69, 9.17) is 0 Å². The van der Waals surface area contributed by atoms with Gasteiger partial charge in [0.1, 0.15) is 0 Å². The minimum Gasteiger partial charge on any atom is -0.337 e. The van der Waals surface area contributed by atoms with Crippen LogP contribution in [0.4, 0.5) is 4.79 Å². The van der Waals surface area contributed by atoms with Crippen molar-refractivity contribution in [2.75, 3.05) is 6.54 Å². The predicted octanol–water partition coefficient (Wildman–Crippen LogP) is 4.16. The highest BCUT2D eigenvalue weighted by Crippen LogP contribution is 2.23. The number of aryl methyl sites for hydroxylation is 1. The third-order valence-corrected chi connectivity index (χ3v) is 5.02. The van der Waals surface area contributed by atoms with Crippen molar-refractivity contribution in [1.29, 1.82) is 0 Å². The van der Waals surface area contributed by atoms with E-state index in [-0.39, 0.29) is 17.5 Å². The lowest BCUT2D eigenvalue weighted by molar-refractivity contribution is 0.233. The molecular formula is C22H29N5O. The van der Waals surface area contributed by atoms with Gasteiger partial charge >= 0.3 is 6.03 Å². The van der Waals surface area contributed by atoms with Gasteiger partial charge in [0.05, 0.1) is 6.04 Å². The second-order valence-electron chi connectivity index (χ2n) is 7.91. The summed E-state index contributed by atoms with van der Waals surface area (Å²) >= 11 is 0. The number of pyridine rings is 1. The van der Waals surface area contributed by atoms with Crippen LogP contribution < -0.4 is 10.6 Å². The van der Waals surface area contributed by atoms with Crippen molar-refractivity contribution in [3.63, 3.8) is 0 Å². The molecule has 0 saturated carbocycles. The van der Waals surface area contributed by atoms with E-state index in [9.17, 15) is 4.79 Å². The lowest BCUT2D eigenvalue weighted by atomic mass is 9.84. The van der Waals surface area contributed by atoms with E-state index in [1.54, 1.807) is 0 Å². The summed E-state index contributed by atoms with van der Waals surface area (Å²) in [5.74, 6) is 0.755. The average Bonchev–Trinajstić information content (AvgIpc) is 3.10. The molecule has 0 aliphatic carbocycles. The van der Waals surface area contributed by atoms with E-state index in [1.165, 1.54) is 11.1 Å². The zero-order valence-corrected chi connectivity index (χ0v) is 17.1. The molecule has 6 heteroatoms. The van der Waals surface area contributed by atoms with Crippen LogP contribution in [0.25, 0.3) is 5.65 Å². The number of urea groups is 1. The molecular weight excluding hydrogens is 350 g/mol. The van der Waals surface area contributed by atoms with Crippen molar-refractivity contribution in [3.8, 4) is 0 Å². The number of nitrogens with zero attached hydrogens (tertiary/aromatic N) is 3. The summed E-state index contributed by atoms with van der Waals surface area (Å²) in [6, 6.07) is 13.8. The number of nitrogens with one attached hydrogen (secondary N) is 2. The van der Waals surface area contributed by atoms with Gasteiger partial charge in [-0.2, -0.15) is 0 Å². The highest BCUT2D eigenvalue weighted by Gasteiger charge is 2.23. The van der Waals surface area contributed by atoms with E-state index in [0.717, 1.165) is 24.3 Å². The number of aromatic nitrogens is 3. The first-order valence-electron chi connectivity index (χ1n) is 9.82. The summed E-state index contributed by atoms with van der Waals surface area (Å²) in [5.41, 5.74) is 3.05. The van der Waals surface area contributed by atoms with Gasteiger partial charge in [0, 0.05) is 18.2 Å². The number of hydrogen-bond donors (Lipinski definition) is 2. The molecule has 2 amide bonds. The van der Waals surface area contributed by atoms with Gasteiger partial charge in [-0.25, -0.2) is 4.79 Å². The van der Waals surface area contributed by atoms with E-state index in [2.05, 4.69) is 72.8 Å². The van der Waals surface area contributed by atoms with Crippen LogP contribution in [-0.2, 0) is 5.41 Å². The molecule has 0 aliphatic rings. The van der Waals surface area contributed by atoms with Gasteiger partial charge in [0.15, 0.2) is 11.5 Å². The molecule has 28 heavy (non-hydrogen) atoms. The number of rotatable bonds is 7. The molecule has 2 N–H and O–H groups in total. The molecule has 1 aromatic carbocycles. The Labute approximate surface area is 166 Å². The predicted molar refractivity (Wildman–Crippen MR) is 111 cm³/mol. The summed E-state index contributed by atoms with van der Waals surface area (Å²) in [5, 5.41) is 14.6. The number of benzene rings is 1. The van der Waals surface area contributed by atoms with Crippen LogP contribution in [0.1, 0.15) is 56.6 Å². The molecule has 1 atom stereocenters. The molecule has 1 unspecified atom stereocenters. The largest absolute Gasteiger partial charge is 0.337 e. The first kappa shape index (κ1) is 19.9. The maximum atomic E-state index is 12.6. The average molecular weight is 380 g/mol. The quantitative estimate of drug-likeness (QED) is 0.648. The summed E-state index contributed by atoms with van der Waals surface area (Å²) in [6.45, 7) is 8.99. The smallest absolute Gasteiger partial charge is 0.315 e. The molecule has 3 rings (SSSR count). The molecule has 3 aromatic rings. The molecule has 0 radical (unpaired) electrons. The van der Waals surface area contributed by atoms with Crippen molar-refractivity contribution < 1.29 is 4.79 Å². The molecule has 148 valence electrons. The standard InChI is InChI=1S/C22H29N5O/c1-5-9-18(20-26-25-19-12-6-7-13-27(19)20)24-21(28)23-15-22(3,4)17-11-8-10-16(2)14-17/h6-8,10-14,18H,5,9,15H2,1-4H3,(H2,23,24,28). The third-order valence-electron chi connectivity index (χ3n) is 5.02. The van der Waals surface area contributed by atoms with Gasteiger partial charge in [-0.3, -0.25) is 4.40 Å². The van der Waals surface area contributed by atoms with E-state index in [0.29, 0.717) is 6.54 Å². The van der Waals surface area contributed by atoms with Crippen molar-refractivity contribution in [2.45, 2.75) is 52.0 Å². The van der Waals surface area contributed by atoms with Crippen LogP contribution in [0.3, 0.4) is 0 Å². The molecule has 2 heterocycles. The first-order chi connectivity index (χ1) is 13.4. The van der Waals surface area contributed by atoms with Crippen LogP contribution in [0.2, 0.25) is 0 Å². The Bertz CT molecular complexity index is 947. The van der Waals surface area contributed by atoms with Crippen LogP contribution in [0.5, 0.6) is 0 Å². The minimum atomic E-state index is -0.190. The Hall–Kier alpha value is -2.89. The second kappa shape index (κ2) is 8.42. The van der Waals surface area contributed by atoms with Gasteiger partial charge in [-0.15, -0.1) is 10.2 Å². The lowest BCUT2D eigenvalue weighted by Gasteiger charge is -2.27. The van der Waals surface area contributed by atoms with Crippen molar-refractivity contribution >= 4 is 11.7 Å². The zero-order chi connectivity index (χ0) is 20.1.